The molecule has 0 saturated carbocycles. The average molecular weight is 389 g/mol. The number of anilines is 1. The second-order valence-electron chi connectivity index (χ2n) is 6.45. The molecule has 3 aromatic rings. The van der Waals surface area contributed by atoms with Crippen molar-refractivity contribution in [3.63, 3.8) is 0 Å². The van der Waals surface area contributed by atoms with E-state index in [4.69, 9.17) is 16.3 Å². The number of aromatic nitrogens is 2. The van der Waals surface area contributed by atoms with E-state index in [1.54, 1.807) is 18.4 Å². The summed E-state index contributed by atoms with van der Waals surface area (Å²) in [6, 6.07) is 8.52. The summed E-state index contributed by atoms with van der Waals surface area (Å²) in [5, 5.41) is 8.35. The van der Waals surface area contributed by atoms with E-state index in [2.05, 4.69) is 39.7 Å². The molecule has 0 spiro atoms. The number of aryl methyl sites for hydroxylation is 1. The van der Waals surface area contributed by atoms with Crippen molar-refractivity contribution in [2.24, 2.45) is 0 Å². The van der Waals surface area contributed by atoms with E-state index in [9.17, 15) is 0 Å². The van der Waals surface area contributed by atoms with Gasteiger partial charge in [-0.25, -0.2) is 9.97 Å². The first kappa shape index (κ1) is 17.5. The Labute approximate surface area is 161 Å². The van der Waals surface area contributed by atoms with Crippen molar-refractivity contribution in [3.05, 3.63) is 34.4 Å². The van der Waals surface area contributed by atoms with Crippen molar-refractivity contribution in [1.29, 1.82) is 0 Å². The Morgan fingerprint density at radius 1 is 1.19 bits per heavy atom. The van der Waals surface area contributed by atoms with Crippen LogP contribution in [0.1, 0.15) is 17.7 Å². The molecule has 2 aromatic heterocycles. The van der Waals surface area contributed by atoms with Crippen LogP contribution in [-0.4, -0.2) is 36.2 Å². The van der Waals surface area contributed by atoms with E-state index in [1.165, 1.54) is 10.4 Å². The molecular formula is C19H21ClN4OS. The van der Waals surface area contributed by atoms with Crippen LogP contribution in [0.3, 0.4) is 0 Å². The summed E-state index contributed by atoms with van der Waals surface area (Å²) < 4.78 is 5.29. The summed E-state index contributed by atoms with van der Waals surface area (Å²) in [6.45, 7) is 4.16. The van der Waals surface area contributed by atoms with Gasteiger partial charge in [0.2, 0.25) is 5.28 Å². The van der Waals surface area contributed by atoms with Crippen LogP contribution in [0.2, 0.25) is 5.28 Å². The molecule has 4 rings (SSSR count). The number of rotatable bonds is 4. The highest BCUT2D eigenvalue weighted by Crippen LogP contribution is 2.41. The maximum Gasteiger partial charge on any atom is 0.225 e. The summed E-state index contributed by atoms with van der Waals surface area (Å²) in [5.74, 6) is 1.68. The number of ether oxygens (including phenoxy) is 1. The Bertz CT molecular complexity index is 919. The molecule has 1 fully saturated rings. The molecule has 0 amide bonds. The molecule has 0 aliphatic carbocycles. The van der Waals surface area contributed by atoms with E-state index >= 15 is 0 Å². The summed E-state index contributed by atoms with van der Waals surface area (Å²) in [5.41, 5.74) is 2.30. The van der Waals surface area contributed by atoms with Crippen LogP contribution in [0.15, 0.2) is 24.3 Å². The first-order chi connectivity index (χ1) is 12.7. The molecule has 1 aliphatic rings. The van der Waals surface area contributed by atoms with Crippen LogP contribution in [0.4, 0.5) is 5.82 Å². The second kappa shape index (κ2) is 7.39. The van der Waals surface area contributed by atoms with Gasteiger partial charge < -0.3 is 15.4 Å². The number of nitrogens with one attached hydrogen (secondary N) is 2. The highest BCUT2D eigenvalue weighted by atomic mass is 35.5. The molecule has 1 saturated heterocycles. The Morgan fingerprint density at radius 2 is 1.92 bits per heavy atom. The van der Waals surface area contributed by atoms with Gasteiger partial charge in [0.05, 0.1) is 12.5 Å². The zero-order valence-electron chi connectivity index (χ0n) is 14.8. The molecule has 0 radical (unpaired) electrons. The third-order valence-electron chi connectivity index (χ3n) is 4.76. The molecule has 7 heteroatoms. The summed E-state index contributed by atoms with van der Waals surface area (Å²) in [4.78, 5) is 11.1. The quantitative estimate of drug-likeness (QED) is 0.645. The van der Waals surface area contributed by atoms with E-state index in [0.29, 0.717) is 6.04 Å². The van der Waals surface area contributed by atoms with E-state index in [1.807, 2.05) is 12.1 Å². The van der Waals surface area contributed by atoms with Gasteiger partial charge in [0.1, 0.15) is 16.4 Å². The maximum atomic E-state index is 6.20. The highest BCUT2D eigenvalue weighted by Gasteiger charge is 2.21. The molecule has 26 heavy (non-hydrogen) atoms. The lowest BCUT2D eigenvalue weighted by Gasteiger charge is -2.24. The molecule has 0 atom stereocenters. The first-order valence-electron chi connectivity index (χ1n) is 8.74. The van der Waals surface area contributed by atoms with Gasteiger partial charge in [-0.05, 0) is 62.2 Å². The average Bonchev–Trinajstić information content (AvgIpc) is 2.98. The monoisotopic (exact) mass is 388 g/mol. The number of fused-ring (bicyclic) bond motifs is 1. The normalized spacial score (nSPS) is 15.3. The lowest BCUT2D eigenvalue weighted by Crippen LogP contribution is -2.35. The second-order valence-corrected chi connectivity index (χ2v) is 7.99. The van der Waals surface area contributed by atoms with E-state index in [0.717, 1.165) is 53.3 Å². The third-order valence-corrected chi connectivity index (χ3v) is 5.93. The van der Waals surface area contributed by atoms with Gasteiger partial charge in [-0.15, -0.1) is 11.3 Å². The summed E-state index contributed by atoms with van der Waals surface area (Å²) >= 11 is 7.86. The highest BCUT2D eigenvalue weighted by molar-refractivity contribution is 7.19. The molecule has 5 nitrogen and oxygen atoms in total. The Kier molecular flexibility index (Phi) is 4.98. The van der Waals surface area contributed by atoms with Gasteiger partial charge in [0.15, 0.2) is 0 Å². The minimum Gasteiger partial charge on any atom is -0.497 e. The number of hydrogen-bond acceptors (Lipinski definition) is 6. The fourth-order valence-electron chi connectivity index (χ4n) is 3.45. The van der Waals surface area contributed by atoms with Crippen molar-refractivity contribution in [2.45, 2.75) is 25.8 Å². The SMILES string of the molecule is COc1ccc(-c2c(C)sc3nc(Cl)nc(NC4CCNCC4)c23)cc1. The van der Waals surface area contributed by atoms with Crippen LogP contribution in [-0.2, 0) is 0 Å². The van der Waals surface area contributed by atoms with Gasteiger partial charge in [-0.2, -0.15) is 0 Å². The number of nitrogens with zero attached hydrogens (tertiary/aromatic N) is 2. The number of hydrogen-bond donors (Lipinski definition) is 2. The van der Waals surface area contributed by atoms with Crippen molar-refractivity contribution >= 4 is 39.0 Å². The van der Waals surface area contributed by atoms with Gasteiger partial charge in [0.25, 0.3) is 0 Å². The van der Waals surface area contributed by atoms with Crippen LogP contribution < -0.4 is 15.4 Å². The molecule has 0 unspecified atom stereocenters. The topological polar surface area (TPSA) is 59.1 Å². The number of halogens is 1. The molecule has 1 aromatic carbocycles. The van der Waals surface area contributed by atoms with Crippen LogP contribution in [0.25, 0.3) is 21.3 Å². The van der Waals surface area contributed by atoms with Crippen LogP contribution in [0.5, 0.6) is 5.75 Å². The molecule has 2 N–H and O–H groups in total. The van der Waals surface area contributed by atoms with Gasteiger partial charge in [-0.1, -0.05) is 12.1 Å². The number of benzene rings is 1. The number of thiophene rings is 1. The zero-order valence-corrected chi connectivity index (χ0v) is 16.4. The zero-order chi connectivity index (χ0) is 18.1. The first-order valence-corrected chi connectivity index (χ1v) is 9.93. The predicted octanol–water partition coefficient (Wildman–Crippen LogP) is 4.49. The number of methoxy groups -OCH3 is 1. The van der Waals surface area contributed by atoms with Crippen LogP contribution in [0, 0.1) is 6.92 Å². The standard InChI is InChI=1S/C19H21ClN4OS/c1-11-15(12-3-5-14(25-2)6-4-12)16-17(22-13-7-9-21-10-8-13)23-19(20)24-18(16)26-11/h3-6,13,21H,7-10H2,1-2H3,(H,22,23,24). The third kappa shape index (κ3) is 3.37. The van der Waals surface area contributed by atoms with Crippen molar-refractivity contribution in [3.8, 4) is 16.9 Å². The Balaban J connectivity index is 1.82. The largest absolute Gasteiger partial charge is 0.497 e. The molecule has 1 aliphatic heterocycles. The van der Waals surface area contributed by atoms with Crippen molar-refractivity contribution < 1.29 is 4.74 Å². The van der Waals surface area contributed by atoms with Crippen molar-refractivity contribution in [1.82, 2.24) is 15.3 Å². The van der Waals surface area contributed by atoms with Crippen LogP contribution >= 0.6 is 22.9 Å². The molecule has 136 valence electrons. The Hall–Kier alpha value is -1.89. The fraction of sp³-hybridized carbons (Fsp3) is 0.368. The van der Waals surface area contributed by atoms with Gasteiger partial charge in [-0.3, -0.25) is 0 Å². The minimum absolute atomic E-state index is 0.288. The summed E-state index contributed by atoms with van der Waals surface area (Å²) in [6.07, 6.45) is 2.15. The number of piperidine rings is 1. The fourth-order valence-corrected chi connectivity index (χ4v) is 4.72. The van der Waals surface area contributed by atoms with Gasteiger partial charge in [0, 0.05) is 16.5 Å². The van der Waals surface area contributed by atoms with Gasteiger partial charge >= 0.3 is 0 Å². The molecule has 0 bridgehead atoms. The predicted molar refractivity (Wildman–Crippen MR) is 109 cm³/mol. The van der Waals surface area contributed by atoms with E-state index < -0.39 is 0 Å². The molecule has 3 heterocycles. The summed E-state index contributed by atoms with van der Waals surface area (Å²) in [7, 11) is 1.68. The lowest BCUT2D eigenvalue weighted by atomic mass is 10.0. The smallest absolute Gasteiger partial charge is 0.225 e. The minimum atomic E-state index is 0.288. The molecular weight excluding hydrogens is 368 g/mol. The van der Waals surface area contributed by atoms with E-state index in [-0.39, 0.29) is 5.28 Å². The van der Waals surface area contributed by atoms with Crippen molar-refractivity contribution in [2.75, 3.05) is 25.5 Å². The Morgan fingerprint density at radius 3 is 2.62 bits per heavy atom. The lowest BCUT2D eigenvalue weighted by molar-refractivity contribution is 0.415. The maximum absolute atomic E-state index is 6.20.